The maximum Gasteiger partial charge on any atom is 0.329 e. The molecule has 1 aliphatic heterocycles. The monoisotopic (exact) mass is 276 g/mol. The lowest BCUT2D eigenvalue weighted by molar-refractivity contribution is -0.145. The van der Waals surface area contributed by atoms with E-state index in [1.165, 1.54) is 0 Å². The molecule has 1 fully saturated rings. The zero-order chi connectivity index (χ0) is 14.8. The topological polar surface area (TPSA) is 66.6 Å². The maximum atomic E-state index is 11.8. The molecule has 110 valence electrons. The number of hydrogen-bond donors (Lipinski definition) is 2. The summed E-state index contributed by atoms with van der Waals surface area (Å²) in [4.78, 5) is 14.0. The van der Waals surface area contributed by atoms with Crippen molar-refractivity contribution in [1.82, 2.24) is 4.90 Å². The van der Waals surface area contributed by atoms with E-state index in [0.29, 0.717) is 24.2 Å². The SMILES string of the molecule is CCC1CCC(C)N1CC(N)(C(=O)O)c1ccccc1. The molecule has 0 radical (unpaired) electrons. The van der Waals surface area contributed by atoms with E-state index in [1.54, 1.807) is 12.1 Å². The number of rotatable bonds is 5. The molecule has 3 N–H and O–H groups in total. The number of carbonyl (C=O) groups is 1. The second kappa shape index (κ2) is 5.94. The van der Waals surface area contributed by atoms with Gasteiger partial charge in [-0.1, -0.05) is 37.3 Å². The Hall–Kier alpha value is -1.39. The van der Waals surface area contributed by atoms with Gasteiger partial charge in [-0.3, -0.25) is 4.90 Å². The largest absolute Gasteiger partial charge is 0.480 e. The maximum absolute atomic E-state index is 11.8. The summed E-state index contributed by atoms with van der Waals surface area (Å²) in [5, 5.41) is 9.64. The van der Waals surface area contributed by atoms with Gasteiger partial charge in [0.05, 0.1) is 0 Å². The molecule has 1 saturated heterocycles. The van der Waals surface area contributed by atoms with Crippen LogP contribution in [0.2, 0.25) is 0 Å². The Morgan fingerprint density at radius 1 is 1.40 bits per heavy atom. The highest BCUT2D eigenvalue weighted by atomic mass is 16.4. The first-order valence-corrected chi connectivity index (χ1v) is 7.32. The van der Waals surface area contributed by atoms with Crippen molar-refractivity contribution in [2.24, 2.45) is 5.73 Å². The quantitative estimate of drug-likeness (QED) is 0.865. The molecule has 1 aromatic rings. The predicted molar refractivity (Wildman–Crippen MR) is 79.4 cm³/mol. The van der Waals surface area contributed by atoms with Gasteiger partial charge in [-0.15, -0.1) is 0 Å². The van der Waals surface area contributed by atoms with Crippen LogP contribution < -0.4 is 5.73 Å². The van der Waals surface area contributed by atoms with E-state index in [-0.39, 0.29) is 0 Å². The molecule has 3 unspecified atom stereocenters. The summed E-state index contributed by atoms with van der Waals surface area (Å²) in [7, 11) is 0. The van der Waals surface area contributed by atoms with Crippen LogP contribution in [0.15, 0.2) is 30.3 Å². The first kappa shape index (κ1) is 15.0. The Balaban J connectivity index is 2.28. The van der Waals surface area contributed by atoms with Crippen molar-refractivity contribution in [3.05, 3.63) is 35.9 Å². The minimum atomic E-state index is -1.34. The van der Waals surface area contributed by atoms with Crippen LogP contribution in [0.4, 0.5) is 0 Å². The van der Waals surface area contributed by atoms with Gasteiger partial charge in [-0.25, -0.2) is 4.79 Å². The van der Waals surface area contributed by atoms with Crippen LogP contribution in [0.5, 0.6) is 0 Å². The molecule has 2 rings (SSSR count). The highest BCUT2D eigenvalue weighted by Crippen LogP contribution is 2.30. The smallest absolute Gasteiger partial charge is 0.329 e. The molecule has 20 heavy (non-hydrogen) atoms. The summed E-state index contributed by atoms with van der Waals surface area (Å²) in [5.74, 6) is -0.961. The molecule has 0 aromatic heterocycles. The Kier molecular flexibility index (Phi) is 4.45. The molecule has 4 heteroatoms. The Morgan fingerprint density at radius 3 is 2.60 bits per heavy atom. The lowest BCUT2D eigenvalue weighted by Crippen LogP contribution is -2.55. The van der Waals surface area contributed by atoms with E-state index in [1.807, 2.05) is 18.2 Å². The fourth-order valence-corrected chi connectivity index (χ4v) is 3.15. The predicted octanol–water partition coefficient (Wildman–Crippen LogP) is 2.19. The number of carboxylic acids is 1. The summed E-state index contributed by atoms with van der Waals surface area (Å²) in [6.07, 6.45) is 3.28. The van der Waals surface area contributed by atoms with Gasteiger partial charge >= 0.3 is 5.97 Å². The number of carboxylic acid groups (broad SMARTS) is 1. The van der Waals surface area contributed by atoms with Gasteiger partial charge in [0.25, 0.3) is 0 Å². The molecule has 1 aliphatic rings. The molecular weight excluding hydrogens is 252 g/mol. The van der Waals surface area contributed by atoms with E-state index in [0.717, 1.165) is 19.3 Å². The molecule has 4 nitrogen and oxygen atoms in total. The third-order valence-electron chi connectivity index (χ3n) is 4.53. The molecule has 3 atom stereocenters. The van der Waals surface area contributed by atoms with E-state index < -0.39 is 11.5 Å². The minimum absolute atomic E-state index is 0.367. The van der Waals surface area contributed by atoms with Gasteiger partial charge in [-0.2, -0.15) is 0 Å². The Labute approximate surface area is 120 Å². The Morgan fingerprint density at radius 2 is 2.05 bits per heavy atom. The summed E-state index contributed by atoms with van der Waals surface area (Å²) >= 11 is 0. The third kappa shape index (κ3) is 2.72. The standard InChI is InChI=1S/C16H24N2O2/c1-3-14-10-9-12(2)18(14)11-16(17,15(19)20)13-7-5-4-6-8-13/h4-8,12,14H,3,9-11,17H2,1-2H3,(H,19,20). The molecule has 1 heterocycles. The summed E-state index contributed by atoms with van der Waals surface area (Å²) in [6, 6.07) is 9.99. The number of benzene rings is 1. The number of nitrogens with two attached hydrogens (primary N) is 1. The fraction of sp³-hybridized carbons (Fsp3) is 0.562. The Bertz CT molecular complexity index is 463. The first-order chi connectivity index (χ1) is 9.49. The van der Waals surface area contributed by atoms with Crippen molar-refractivity contribution in [2.45, 2.75) is 50.7 Å². The van der Waals surface area contributed by atoms with Crippen molar-refractivity contribution in [1.29, 1.82) is 0 Å². The molecule has 1 aromatic carbocycles. The summed E-state index contributed by atoms with van der Waals surface area (Å²) in [5.41, 5.74) is 5.61. The van der Waals surface area contributed by atoms with E-state index in [9.17, 15) is 9.90 Å². The lowest BCUT2D eigenvalue weighted by atomic mass is 9.90. The van der Waals surface area contributed by atoms with Crippen LogP contribution in [0.25, 0.3) is 0 Å². The third-order valence-corrected chi connectivity index (χ3v) is 4.53. The van der Waals surface area contributed by atoms with Crippen molar-refractivity contribution >= 4 is 5.97 Å². The van der Waals surface area contributed by atoms with Crippen molar-refractivity contribution in [3.8, 4) is 0 Å². The molecule has 0 saturated carbocycles. The van der Waals surface area contributed by atoms with Crippen LogP contribution in [0.3, 0.4) is 0 Å². The molecule has 0 bridgehead atoms. The van der Waals surface area contributed by atoms with Crippen LogP contribution in [-0.2, 0) is 10.3 Å². The summed E-state index contributed by atoms with van der Waals surface area (Å²) in [6.45, 7) is 4.67. The second-order valence-corrected chi connectivity index (χ2v) is 5.80. The molecule has 0 spiro atoms. The normalized spacial score (nSPS) is 26.4. The van der Waals surface area contributed by atoms with Gasteiger partial charge in [0.15, 0.2) is 5.54 Å². The zero-order valence-electron chi connectivity index (χ0n) is 12.2. The average molecular weight is 276 g/mol. The number of aliphatic carboxylic acids is 1. The fourth-order valence-electron chi connectivity index (χ4n) is 3.15. The number of nitrogens with zero attached hydrogens (tertiary/aromatic N) is 1. The van der Waals surface area contributed by atoms with Crippen LogP contribution in [0, 0.1) is 0 Å². The first-order valence-electron chi connectivity index (χ1n) is 7.32. The van der Waals surface area contributed by atoms with E-state index in [2.05, 4.69) is 18.7 Å². The highest BCUT2D eigenvalue weighted by molar-refractivity contribution is 5.80. The zero-order valence-corrected chi connectivity index (χ0v) is 12.2. The molecular formula is C16H24N2O2. The average Bonchev–Trinajstić information content (AvgIpc) is 2.80. The van der Waals surface area contributed by atoms with Crippen molar-refractivity contribution in [2.75, 3.05) is 6.54 Å². The van der Waals surface area contributed by atoms with Gasteiger partial charge in [0.2, 0.25) is 0 Å². The van der Waals surface area contributed by atoms with Gasteiger partial charge < -0.3 is 10.8 Å². The van der Waals surface area contributed by atoms with Crippen LogP contribution in [0.1, 0.15) is 38.7 Å². The number of likely N-dealkylation sites (tertiary alicyclic amines) is 1. The number of hydrogen-bond acceptors (Lipinski definition) is 3. The van der Waals surface area contributed by atoms with Crippen molar-refractivity contribution < 1.29 is 9.90 Å². The highest BCUT2D eigenvalue weighted by Gasteiger charge is 2.42. The van der Waals surface area contributed by atoms with E-state index in [4.69, 9.17) is 5.73 Å². The summed E-state index contributed by atoms with van der Waals surface area (Å²) < 4.78 is 0. The second-order valence-electron chi connectivity index (χ2n) is 5.80. The van der Waals surface area contributed by atoms with Crippen molar-refractivity contribution in [3.63, 3.8) is 0 Å². The van der Waals surface area contributed by atoms with Gasteiger partial charge in [-0.05, 0) is 31.7 Å². The molecule has 0 aliphatic carbocycles. The van der Waals surface area contributed by atoms with Crippen LogP contribution >= 0.6 is 0 Å². The molecule has 0 amide bonds. The lowest BCUT2D eigenvalue weighted by Gasteiger charge is -2.35. The minimum Gasteiger partial charge on any atom is -0.480 e. The van der Waals surface area contributed by atoms with Crippen LogP contribution in [-0.4, -0.2) is 34.6 Å². The van der Waals surface area contributed by atoms with E-state index >= 15 is 0 Å². The van der Waals surface area contributed by atoms with Gasteiger partial charge in [0.1, 0.15) is 0 Å². The van der Waals surface area contributed by atoms with Gasteiger partial charge in [0, 0.05) is 18.6 Å².